The van der Waals surface area contributed by atoms with Crippen LogP contribution >= 0.6 is 0 Å². The number of imide groups is 1. The van der Waals surface area contributed by atoms with Gasteiger partial charge >= 0.3 is 6.03 Å². The molecule has 2 saturated heterocycles. The molecule has 3 rings (SSSR count). The Kier molecular flexibility index (Phi) is 6.19. The summed E-state index contributed by atoms with van der Waals surface area (Å²) in [4.78, 5) is 39.9. The van der Waals surface area contributed by atoms with Gasteiger partial charge in [0, 0.05) is 26.2 Å². The number of hydrogen-bond donors (Lipinski definition) is 2. The zero-order valence-corrected chi connectivity index (χ0v) is 14.6. The maximum absolute atomic E-state index is 12.4. The summed E-state index contributed by atoms with van der Waals surface area (Å²) in [7, 11) is 0. The molecule has 0 saturated carbocycles. The summed E-state index contributed by atoms with van der Waals surface area (Å²) >= 11 is 0. The largest absolute Gasteiger partial charge is 0.379 e. The highest BCUT2D eigenvalue weighted by Gasteiger charge is 2.38. The first-order chi connectivity index (χ1) is 12.6. The number of nitrogens with zero attached hydrogens (tertiary/aromatic N) is 2. The molecule has 2 N–H and O–H groups in total. The molecule has 1 aromatic rings. The minimum Gasteiger partial charge on any atom is -0.379 e. The van der Waals surface area contributed by atoms with Crippen LogP contribution in [-0.2, 0) is 20.9 Å². The maximum Gasteiger partial charge on any atom is 0.325 e. The summed E-state index contributed by atoms with van der Waals surface area (Å²) in [5.74, 6) is -0.597. The van der Waals surface area contributed by atoms with E-state index < -0.39 is 12.1 Å². The molecule has 26 heavy (non-hydrogen) atoms. The van der Waals surface area contributed by atoms with Crippen molar-refractivity contribution in [3.8, 4) is 0 Å². The van der Waals surface area contributed by atoms with Crippen molar-refractivity contribution in [1.29, 1.82) is 0 Å². The van der Waals surface area contributed by atoms with E-state index in [0.717, 1.165) is 30.1 Å². The fraction of sp³-hybridized carbons (Fsp3) is 0.500. The number of morpholine rings is 1. The van der Waals surface area contributed by atoms with Crippen molar-refractivity contribution >= 4 is 17.8 Å². The summed E-state index contributed by atoms with van der Waals surface area (Å²) in [6, 6.07) is 8.04. The number of nitrogens with one attached hydrogen (secondary N) is 2. The van der Waals surface area contributed by atoms with E-state index >= 15 is 0 Å². The zero-order valence-electron chi connectivity index (χ0n) is 14.6. The van der Waals surface area contributed by atoms with Gasteiger partial charge in [-0.25, -0.2) is 4.79 Å². The molecule has 0 unspecified atom stereocenters. The third-order valence-corrected chi connectivity index (χ3v) is 4.53. The van der Waals surface area contributed by atoms with Crippen LogP contribution in [0.3, 0.4) is 0 Å². The third kappa shape index (κ3) is 4.80. The Morgan fingerprint density at radius 3 is 2.65 bits per heavy atom. The highest BCUT2D eigenvalue weighted by atomic mass is 16.5. The molecule has 2 heterocycles. The van der Waals surface area contributed by atoms with E-state index in [1.165, 1.54) is 0 Å². The molecule has 0 spiro atoms. The predicted octanol–water partition coefficient (Wildman–Crippen LogP) is -0.0545. The van der Waals surface area contributed by atoms with Gasteiger partial charge in [0.05, 0.1) is 26.2 Å². The lowest BCUT2D eigenvalue weighted by Gasteiger charge is -2.26. The first-order valence-electron chi connectivity index (χ1n) is 8.86. The monoisotopic (exact) mass is 360 g/mol. The molecule has 4 amide bonds. The van der Waals surface area contributed by atoms with Crippen LogP contribution in [0, 0.1) is 0 Å². The van der Waals surface area contributed by atoms with Crippen molar-refractivity contribution < 1.29 is 19.1 Å². The van der Waals surface area contributed by atoms with E-state index in [2.05, 4.69) is 15.5 Å². The number of carbonyl (C=O) groups excluding carboxylic acids is 3. The molecule has 8 nitrogen and oxygen atoms in total. The van der Waals surface area contributed by atoms with Crippen molar-refractivity contribution in [2.45, 2.75) is 19.0 Å². The number of benzene rings is 1. The van der Waals surface area contributed by atoms with E-state index in [0.29, 0.717) is 19.8 Å². The van der Waals surface area contributed by atoms with Gasteiger partial charge in [-0.3, -0.25) is 19.4 Å². The van der Waals surface area contributed by atoms with E-state index in [-0.39, 0.29) is 24.8 Å². The molecule has 8 heteroatoms. The highest BCUT2D eigenvalue weighted by molar-refractivity contribution is 6.05. The number of urea groups is 1. The average molecular weight is 360 g/mol. The Labute approximate surface area is 152 Å². The van der Waals surface area contributed by atoms with Crippen molar-refractivity contribution in [2.75, 3.05) is 39.4 Å². The second-order valence-corrected chi connectivity index (χ2v) is 6.42. The standard InChI is InChI=1S/C18H24N4O4/c23-16(19-6-7-21-8-10-26-11-9-21)12-15-17(24)22(18(25)20-15)13-14-4-2-1-3-5-14/h1-5,15H,6-13H2,(H,19,23)(H,20,25)/t15-/m1/s1. The van der Waals surface area contributed by atoms with E-state index in [4.69, 9.17) is 4.74 Å². The molecule has 1 atom stereocenters. The van der Waals surface area contributed by atoms with Crippen LogP contribution in [-0.4, -0.2) is 73.1 Å². The molecular formula is C18H24N4O4. The van der Waals surface area contributed by atoms with Crippen molar-refractivity contribution in [1.82, 2.24) is 20.4 Å². The first-order valence-corrected chi connectivity index (χ1v) is 8.86. The second-order valence-electron chi connectivity index (χ2n) is 6.42. The van der Waals surface area contributed by atoms with Crippen LogP contribution in [0.1, 0.15) is 12.0 Å². The quantitative estimate of drug-likeness (QED) is 0.665. The first kappa shape index (κ1) is 18.3. The smallest absolute Gasteiger partial charge is 0.325 e. The van der Waals surface area contributed by atoms with Gasteiger partial charge in [-0.1, -0.05) is 30.3 Å². The SMILES string of the molecule is O=C(C[C@H]1NC(=O)N(Cc2ccccc2)C1=O)NCCN1CCOCC1. The van der Waals surface area contributed by atoms with Gasteiger partial charge in [0.1, 0.15) is 6.04 Å². The highest BCUT2D eigenvalue weighted by Crippen LogP contribution is 2.13. The van der Waals surface area contributed by atoms with Crippen molar-refractivity contribution in [3.05, 3.63) is 35.9 Å². The Bertz CT molecular complexity index is 646. The minimum absolute atomic E-state index is 0.0427. The van der Waals surface area contributed by atoms with Crippen molar-refractivity contribution in [3.63, 3.8) is 0 Å². The molecule has 1 aromatic carbocycles. The number of hydrogen-bond acceptors (Lipinski definition) is 5. The predicted molar refractivity (Wildman–Crippen MR) is 94.2 cm³/mol. The van der Waals surface area contributed by atoms with Gasteiger partial charge in [0.15, 0.2) is 0 Å². The van der Waals surface area contributed by atoms with Gasteiger partial charge in [0.25, 0.3) is 5.91 Å². The molecule has 0 aliphatic carbocycles. The normalized spacial score (nSPS) is 20.9. The lowest BCUT2D eigenvalue weighted by Crippen LogP contribution is -2.42. The van der Waals surface area contributed by atoms with E-state index in [9.17, 15) is 14.4 Å². The van der Waals surface area contributed by atoms with Gasteiger partial charge < -0.3 is 15.4 Å². The summed E-state index contributed by atoms with van der Waals surface area (Å²) in [6.45, 7) is 4.63. The maximum atomic E-state index is 12.4. The van der Waals surface area contributed by atoms with Gasteiger partial charge in [-0.2, -0.15) is 0 Å². The summed E-state index contributed by atoms with van der Waals surface area (Å²) in [5, 5.41) is 5.41. The Morgan fingerprint density at radius 1 is 1.19 bits per heavy atom. The second kappa shape index (κ2) is 8.77. The van der Waals surface area contributed by atoms with Crippen LogP contribution < -0.4 is 10.6 Å². The minimum atomic E-state index is -0.797. The molecule has 140 valence electrons. The molecular weight excluding hydrogens is 336 g/mol. The van der Waals surface area contributed by atoms with Crippen LogP contribution in [0.25, 0.3) is 0 Å². The van der Waals surface area contributed by atoms with Crippen molar-refractivity contribution in [2.24, 2.45) is 0 Å². The number of amides is 4. The average Bonchev–Trinajstić information content (AvgIpc) is 2.91. The summed E-state index contributed by atoms with van der Waals surface area (Å²) < 4.78 is 5.28. The van der Waals surface area contributed by atoms with Crippen LogP contribution in [0.5, 0.6) is 0 Å². The lowest BCUT2D eigenvalue weighted by atomic mass is 10.1. The summed E-state index contributed by atoms with van der Waals surface area (Å²) in [5.41, 5.74) is 0.867. The van der Waals surface area contributed by atoms with Gasteiger partial charge in [-0.15, -0.1) is 0 Å². The number of ether oxygens (including phenoxy) is 1. The van der Waals surface area contributed by atoms with Crippen LogP contribution in [0.4, 0.5) is 4.79 Å². The topological polar surface area (TPSA) is 91.0 Å². The fourth-order valence-corrected chi connectivity index (χ4v) is 3.07. The summed E-state index contributed by atoms with van der Waals surface area (Å²) in [6.07, 6.45) is -0.0427. The Morgan fingerprint density at radius 2 is 1.92 bits per heavy atom. The van der Waals surface area contributed by atoms with Gasteiger partial charge in [-0.05, 0) is 5.56 Å². The third-order valence-electron chi connectivity index (χ3n) is 4.53. The van der Waals surface area contributed by atoms with Crippen LogP contribution in [0.15, 0.2) is 30.3 Å². The Hall–Kier alpha value is -2.45. The lowest BCUT2D eigenvalue weighted by molar-refractivity contribution is -0.131. The van der Waals surface area contributed by atoms with E-state index in [1.54, 1.807) is 0 Å². The molecule has 2 aliphatic rings. The number of rotatable bonds is 7. The molecule has 2 aliphatic heterocycles. The molecule has 0 bridgehead atoms. The number of carbonyl (C=O) groups is 3. The molecule has 0 aromatic heterocycles. The molecule has 2 fully saturated rings. The fourth-order valence-electron chi connectivity index (χ4n) is 3.07. The zero-order chi connectivity index (χ0) is 18.4. The van der Waals surface area contributed by atoms with Crippen LogP contribution in [0.2, 0.25) is 0 Å². The Balaban J connectivity index is 1.43. The molecule has 0 radical (unpaired) electrons. The van der Waals surface area contributed by atoms with Gasteiger partial charge in [0.2, 0.25) is 5.91 Å². The van der Waals surface area contributed by atoms with E-state index in [1.807, 2.05) is 30.3 Å².